The van der Waals surface area contributed by atoms with Gasteiger partial charge in [0, 0.05) is 23.2 Å². The van der Waals surface area contributed by atoms with Crippen molar-refractivity contribution in [2.24, 2.45) is 0 Å². The van der Waals surface area contributed by atoms with Crippen molar-refractivity contribution in [1.29, 1.82) is 0 Å². The number of benzene rings is 2. The summed E-state index contributed by atoms with van der Waals surface area (Å²) in [7, 11) is 1.52. The van der Waals surface area contributed by atoms with Gasteiger partial charge >= 0.3 is 0 Å². The first-order chi connectivity index (χ1) is 13.8. The van der Waals surface area contributed by atoms with E-state index in [9.17, 15) is 9.59 Å². The summed E-state index contributed by atoms with van der Waals surface area (Å²) in [5.41, 5.74) is 1.39. The smallest absolute Gasteiger partial charge is 0.254 e. The maximum Gasteiger partial charge on any atom is 0.254 e. The van der Waals surface area contributed by atoms with Crippen LogP contribution in [0.1, 0.15) is 36.7 Å². The van der Waals surface area contributed by atoms with E-state index in [0.717, 1.165) is 5.56 Å². The van der Waals surface area contributed by atoms with Crippen molar-refractivity contribution in [1.82, 2.24) is 10.2 Å². The van der Waals surface area contributed by atoms with Gasteiger partial charge in [-0.15, -0.1) is 0 Å². The van der Waals surface area contributed by atoms with Crippen LogP contribution >= 0.6 is 11.6 Å². The Kier molecular flexibility index (Phi) is 8.34. The van der Waals surface area contributed by atoms with E-state index in [1.807, 2.05) is 32.9 Å². The molecule has 0 aromatic heterocycles. The molecule has 2 amide bonds. The number of likely N-dealkylation sites (N-methyl/N-ethyl adjacent to an activating group) is 1. The number of rotatable bonds is 9. The van der Waals surface area contributed by atoms with E-state index in [0.29, 0.717) is 35.2 Å². The minimum absolute atomic E-state index is 0.00461. The molecule has 156 valence electrons. The average molecular weight is 419 g/mol. The molecule has 0 atom stereocenters. The zero-order valence-corrected chi connectivity index (χ0v) is 18.0. The summed E-state index contributed by atoms with van der Waals surface area (Å²) in [5, 5.41) is 3.46. The van der Waals surface area contributed by atoms with Crippen LogP contribution in [-0.4, -0.2) is 43.0 Å². The first-order valence-corrected chi connectivity index (χ1v) is 9.85. The monoisotopic (exact) mass is 418 g/mol. The minimum Gasteiger partial charge on any atom is -0.493 e. The number of amides is 2. The number of carbonyl (C=O) groups is 2. The van der Waals surface area contributed by atoms with E-state index >= 15 is 0 Å². The van der Waals surface area contributed by atoms with Crippen molar-refractivity contribution in [2.45, 2.75) is 33.4 Å². The number of carbonyl (C=O) groups excluding carboxylic acids is 2. The van der Waals surface area contributed by atoms with Crippen LogP contribution in [-0.2, 0) is 11.4 Å². The van der Waals surface area contributed by atoms with Crippen molar-refractivity contribution in [2.75, 3.05) is 20.2 Å². The number of nitrogens with one attached hydrogen (secondary N) is 1. The molecule has 1 N–H and O–H groups in total. The van der Waals surface area contributed by atoms with Gasteiger partial charge in [0.1, 0.15) is 6.61 Å². The lowest BCUT2D eigenvalue weighted by Crippen LogP contribution is -2.42. The van der Waals surface area contributed by atoms with E-state index in [2.05, 4.69) is 5.32 Å². The van der Waals surface area contributed by atoms with Crippen LogP contribution in [0.25, 0.3) is 0 Å². The molecule has 0 heterocycles. The summed E-state index contributed by atoms with van der Waals surface area (Å²) in [6.07, 6.45) is 0. The molecule has 6 nitrogen and oxygen atoms in total. The van der Waals surface area contributed by atoms with Gasteiger partial charge < -0.3 is 19.7 Å². The molecular formula is C22H27ClN2O4. The molecule has 0 aliphatic carbocycles. The zero-order valence-electron chi connectivity index (χ0n) is 17.2. The predicted molar refractivity (Wildman–Crippen MR) is 114 cm³/mol. The molecule has 0 aliphatic heterocycles. The summed E-state index contributed by atoms with van der Waals surface area (Å²) in [6, 6.07) is 12.4. The Bertz CT molecular complexity index is 837. The average Bonchev–Trinajstić information content (AvgIpc) is 2.70. The van der Waals surface area contributed by atoms with Gasteiger partial charge in [-0.3, -0.25) is 9.59 Å². The Morgan fingerprint density at radius 1 is 1.10 bits per heavy atom. The number of methoxy groups -OCH3 is 1. The number of nitrogens with zero attached hydrogens (tertiary/aromatic N) is 1. The molecule has 0 saturated heterocycles. The SMILES string of the molecule is CCN(CC(=O)NC(C)C)C(=O)c1ccc(OCc2ccc(Cl)cc2)c(OC)c1. The van der Waals surface area contributed by atoms with Crippen LogP contribution in [0.4, 0.5) is 0 Å². The van der Waals surface area contributed by atoms with Gasteiger partial charge in [-0.1, -0.05) is 23.7 Å². The maximum absolute atomic E-state index is 12.8. The molecule has 7 heteroatoms. The molecule has 2 aromatic carbocycles. The normalized spacial score (nSPS) is 10.6. The molecule has 0 saturated carbocycles. The Morgan fingerprint density at radius 3 is 2.38 bits per heavy atom. The number of halogens is 1. The van der Waals surface area contributed by atoms with Crippen molar-refractivity contribution >= 4 is 23.4 Å². The van der Waals surface area contributed by atoms with Crippen LogP contribution in [0, 0.1) is 0 Å². The zero-order chi connectivity index (χ0) is 21.4. The summed E-state index contributed by atoms with van der Waals surface area (Å²) in [5.74, 6) is 0.547. The van der Waals surface area contributed by atoms with Crippen LogP contribution in [0.15, 0.2) is 42.5 Å². The van der Waals surface area contributed by atoms with Gasteiger partial charge in [0.25, 0.3) is 5.91 Å². The molecule has 2 aromatic rings. The summed E-state index contributed by atoms with van der Waals surface area (Å²) in [4.78, 5) is 26.3. The first kappa shape index (κ1) is 22.6. The quantitative estimate of drug-likeness (QED) is 0.670. The number of hydrogen-bond donors (Lipinski definition) is 1. The van der Waals surface area contributed by atoms with Crippen molar-refractivity contribution in [3.8, 4) is 11.5 Å². The molecule has 0 unspecified atom stereocenters. The van der Waals surface area contributed by atoms with Crippen LogP contribution in [0.2, 0.25) is 5.02 Å². The summed E-state index contributed by atoms with van der Waals surface area (Å²) >= 11 is 5.90. The van der Waals surface area contributed by atoms with E-state index < -0.39 is 0 Å². The molecule has 0 fully saturated rings. The second-order valence-corrected chi connectivity index (χ2v) is 7.26. The molecule has 0 aliphatic rings. The standard InChI is InChI=1S/C22H27ClN2O4/c1-5-25(13-21(26)24-15(2)3)22(27)17-8-11-19(20(12-17)28-4)29-14-16-6-9-18(23)10-7-16/h6-12,15H,5,13-14H2,1-4H3,(H,24,26). The Labute approximate surface area is 176 Å². The van der Waals surface area contributed by atoms with Gasteiger partial charge in [-0.25, -0.2) is 0 Å². The van der Waals surface area contributed by atoms with E-state index in [-0.39, 0.29) is 24.4 Å². The number of ether oxygens (including phenoxy) is 2. The summed E-state index contributed by atoms with van der Waals surface area (Å²) in [6.45, 7) is 6.36. The summed E-state index contributed by atoms with van der Waals surface area (Å²) < 4.78 is 11.2. The van der Waals surface area contributed by atoms with Gasteiger partial charge in [-0.2, -0.15) is 0 Å². The second-order valence-electron chi connectivity index (χ2n) is 6.82. The topological polar surface area (TPSA) is 67.9 Å². The third kappa shape index (κ3) is 6.68. The fourth-order valence-corrected chi connectivity index (χ4v) is 2.84. The third-order valence-electron chi connectivity index (χ3n) is 4.17. The van der Waals surface area contributed by atoms with Crippen molar-refractivity contribution in [3.63, 3.8) is 0 Å². The van der Waals surface area contributed by atoms with E-state index in [1.165, 1.54) is 12.0 Å². The molecular weight excluding hydrogens is 392 g/mol. The van der Waals surface area contributed by atoms with Crippen LogP contribution < -0.4 is 14.8 Å². The molecule has 29 heavy (non-hydrogen) atoms. The Hall–Kier alpha value is -2.73. The molecule has 0 bridgehead atoms. The second kappa shape index (κ2) is 10.7. The molecule has 2 rings (SSSR count). The largest absolute Gasteiger partial charge is 0.493 e. The van der Waals surface area contributed by atoms with E-state index in [1.54, 1.807) is 30.3 Å². The maximum atomic E-state index is 12.8. The highest BCUT2D eigenvalue weighted by atomic mass is 35.5. The first-order valence-electron chi connectivity index (χ1n) is 9.48. The highest BCUT2D eigenvalue weighted by molar-refractivity contribution is 6.30. The third-order valence-corrected chi connectivity index (χ3v) is 4.42. The predicted octanol–water partition coefficient (Wildman–Crippen LogP) is 3.91. The fourth-order valence-electron chi connectivity index (χ4n) is 2.71. The minimum atomic E-state index is -0.242. The van der Waals surface area contributed by atoms with Gasteiger partial charge in [0.05, 0.1) is 13.7 Å². The van der Waals surface area contributed by atoms with Gasteiger partial charge in [0.15, 0.2) is 11.5 Å². The van der Waals surface area contributed by atoms with Crippen LogP contribution in [0.3, 0.4) is 0 Å². The molecule has 0 radical (unpaired) electrons. The highest BCUT2D eigenvalue weighted by Gasteiger charge is 2.19. The Balaban J connectivity index is 2.10. The lowest BCUT2D eigenvalue weighted by molar-refractivity contribution is -0.122. The van der Waals surface area contributed by atoms with Gasteiger partial charge in [0.2, 0.25) is 5.91 Å². The highest BCUT2D eigenvalue weighted by Crippen LogP contribution is 2.29. The van der Waals surface area contributed by atoms with Gasteiger partial charge in [-0.05, 0) is 56.7 Å². The van der Waals surface area contributed by atoms with Crippen molar-refractivity contribution in [3.05, 3.63) is 58.6 Å². The molecule has 0 spiro atoms. The lowest BCUT2D eigenvalue weighted by atomic mass is 10.1. The van der Waals surface area contributed by atoms with E-state index in [4.69, 9.17) is 21.1 Å². The Morgan fingerprint density at radius 2 is 1.79 bits per heavy atom. The number of hydrogen-bond acceptors (Lipinski definition) is 4. The van der Waals surface area contributed by atoms with Crippen molar-refractivity contribution < 1.29 is 19.1 Å². The lowest BCUT2D eigenvalue weighted by Gasteiger charge is -2.22. The van der Waals surface area contributed by atoms with Crippen LogP contribution in [0.5, 0.6) is 11.5 Å². The fraction of sp³-hybridized carbons (Fsp3) is 0.364.